The van der Waals surface area contributed by atoms with Crippen molar-refractivity contribution in [3.8, 4) is 0 Å². The highest BCUT2D eigenvalue weighted by molar-refractivity contribution is 6.09. The van der Waals surface area contributed by atoms with Crippen LogP contribution < -0.4 is 11.1 Å². The van der Waals surface area contributed by atoms with Crippen molar-refractivity contribution in [3.05, 3.63) is 0 Å². The highest BCUT2D eigenvalue weighted by atomic mass is 16.2. The van der Waals surface area contributed by atoms with E-state index in [9.17, 15) is 14.4 Å². The number of nitrogens with two attached hydrogens (primary N) is 1. The van der Waals surface area contributed by atoms with E-state index in [0.717, 1.165) is 24.2 Å². The predicted octanol–water partition coefficient (Wildman–Crippen LogP) is 0.218. The van der Waals surface area contributed by atoms with Gasteiger partial charge in [0.2, 0.25) is 5.91 Å². The van der Waals surface area contributed by atoms with Crippen molar-refractivity contribution in [3.63, 3.8) is 0 Å². The van der Waals surface area contributed by atoms with Crippen molar-refractivity contribution in [2.75, 3.05) is 6.54 Å². The Bertz CT molecular complexity index is 397. The molecular weight excluding hydrogens is 234 g/mol. The second kappa shape index (κ2) is 4.26. The fourth-order valence-corrected chi connectivity index (χ4v) is 3.25. The molecule has 0 radical (unpaired) electrons. The van der Waals surface area contributed by atoms with Crippen LogP contribution in [0.25, 0.3) is 0 Å². The summed E-state index contributed by atoms with van der Waals surface area (Å²) in [5, 5.41) is 2.80. The van der Waals surface area contributed by atoms with Crippen LogP contribution in [-0.4, -0.2) is 34.8 Å². The molecule has 2 atom stereocenters. The summed E-state index contributed by atoms with van der Waals surface area (Å²) in [6.45, 7) is 3.61. The van der Waals surface area contributed by atoms with E-state index in [4.69, 9.17) is 5.73 Å². The molecule has 0 aromatic rings. The van der Waals surface area contributed by atoms with Crippen LogP contribution in [-0.2, 0) is 9.59 Å². The van der Waals surface area contributed by atoms with E-state index in [1.54, 1.807) is 0 Å². The van der Waals surface area contributed by atoms with Gasteiger partial charge in [0.1, 0.15) is 12.1 Å². The first-order chi connectivity index (χ1) is 8.39. The van der Waals surface area contributed by atoms with Crippen molar-refractivity contribution >= 4 is 17.8 Å². The van der Waals surface area contributed by atoms with Crippen LogP contribution in [0.5, 0.6) is 0 Å². The zero-order valence-electron chi connectivity index (χ0n) is 10.7. The van der Waals surface area contributed by atoms with Gasteiger partial charge in [-0.05, 0) is 24.7 Å². The van der Waals surface area contributed by atoms with Gasteiger partial charge in [0.25, 0.3) is 5.91 Å². The van der Waals surface area contributed by atoms with E-state index in [-0.39, 0.29) is 24.3 Å². The number of carbonyl (C=O) groups is 3. The predicted molar refractivity (Wildman–Crippen MR) is 64.3 cm³/mol. The van der Waals surface area contributed by atoms with Crippen molar-refractivity contribution in [2.24, 2.45) is 17.6 Å². The molecule has 1 spiro atoms. The summed E-state index contributed by atoms with van der Waals surface area (Å²) >= 11 is 0. The number of hydrogen-bond donors (Lipinski definition) is 2. The minimum absolute atomic E-state index is 0.0792. The molecule has 2 aliphatic rings. The topological polar surface area (TPSA) is 92.5 Å². The van der Waals surface area contributed by atoms with Crippen molar-refractivity contribution in [2.45, 2.75) is 38.6 Å². The summed E-state index contributed by atoms with van der Waals surface area (Å²) in [6, 6.07) is -0.501. The third kappa shape index (κ3) is 1.67. The van der Waals surface area contributed by atoms with Gasteiger partial charge >= 0.3 is 6.03 Å². The molecular formula is C12H19N3O3. The van der Waals surface area contributed by atoms with Crippen LogP contribution in [0.1, 0.15) is 33.1 Å². The maximum absolute atomic E-state index is 12.5. The molecule has 6 nitrogen and oxygen atoms in total. The molecule has 2 unspecified atom stereocenters. The van der Waals surface area contributed by atoms with Gasteiger partial charge in [-0.2, -0.15) is 0 Å². The minimum Gasteiger partial charge on any atom is -0.368 e. The molecule has 2 rings (SSSR count). The summed E-state index contributed by atoms with van der Waals surface area (Å²) in [6.07, 6.45) is 2.87. The van der Waals surface area contributed by atoms with E-state index >= 15 is 0 Å². The smallest absolute Gasteiger partial charge is 0.325 e. The Labute approximate surface area is 106 Å². The fraction of sp³-hybridized carbons (Fsp3) is 0.750. The molecule has 1 heterocycles. The molecule has 18 heavy (non-hydrogen) atoms. The standard InChI is InChI=1S/C12H19N3O3/c1-7-4-3-5-8(2)12(7)10(17)15(6-9(13)16)11(18)14-12/h7-8H,3-6H2,1-2H3,(H2,13,16)(H,14,18). The SMILES string of the molecule is CC1CCCC(C)C12NC(=O)N(CC(N)=O)C2=O. The molecule has 1 aliphatic carbocycles. The Morgan fingerprint density at radius 1 is 1.39 bits per heavy atom. The van der Waals surface area contributed by atoms with E-state index in [0.29, 0.717) is 0 Å². The normalized spacial score (nSPS) is 36.0. The van der Waals surface area contributed by atoms with E-state index in [1.165, 1.54) is 0 Å². The lowest BCUT2D eigenvalue weighted by atomic mass is 9.67. The van der Waals surface area contributed by atoms with E-state index in [1.807, 2.05) is 13.8 Å². The van der Waals surface area contributed by atoms with Gasteiger partial charge in [0, 0.05) is 0 Å². The van der Waals surface area contributed by atoms with Crippen LogP contribution in [0.15, 0.2) is 0 Å². The first-order valence-corrected chi connectivity index (χ1v) is 6.32. The minimum atomic E-state index is -0.842. The molecule has 6 heteroatoms. The van der Waals surface area contributed by atoms with Gasteiger partial charge in [-0.1, -0.05) is 20.3 Å². The van der Waals surface area contributed by atoms with E-state index < -0.39 is 17.5 Å². The number of amides is 4. The van der Waals surface area contributed by atoms with Crippen LogP contribution in [0.4, 0.5) is 4.79 Å². The zero-order valence-corrected chi connectivity index (χ0v) is 10.7. The van der Waals surface area contributed by atoms with Crippen molar-refractivity contribution in [1.29, 1.82) is 0 Å². The second-order valence-electron chi connectivity index (χ2n) is 5.39. The summed E-state index contributed by atoms with van der Waals surface area (Å²) in [4.78, 5) is 36.2. The Morgan fingerprint density at radius 3 is 2.44 bits per heavy atom. The Balaban J connectivity index is 2.32. The van der Waals surface area contributed by atoms with Crippen LogP contribution in [0.3, 0.4) is 0 Å². The quantitative estimate of drug-likeness (QED) is 0.689. The Hall–Kier alpha value is -1.59. The molecule has 3 N–H and O–H groups in total. The number of carbonyl (C=O) groups excluding carboxylic acids is 3. The van der Waals surface area contributed by atoms with Gasteiger partial charge in [0.05, 0.1) is 0 Å². The summed E-state index contributed by atoms with van der Waals surface area (Å²) in [5.74, 6) is -0.816. The summed E-state index contributed by atoms with van der Waals surface area (Å²) in [7, 11) is 0. The fourth-order valence-electron chi connectivity index (χ4n) is 3.25. The molecule has 100 valence electrons. The van der Waals surface area contributed by atoms with Gasteiger partial charge in [-0.25, -0.2) is 4.79 Å². The Kier molecular flexibility index (Phi) is 3.04. The number of hydrogen-bond acceptors (Lipinski definition) is 3. The van der Waals surface area contributed by atoms with Crippen LogP contribution in [0.2, 0.25) is 0 Å². The molecule has 0 bridgehead atoms. The first kappa shape index (κ1) is 12.9. The number of nitrogens with zero attached hydrogens (tertiary/aromatic N) is 1. The zero-order chi connectivity index (χ0) is 13.5. The lowest BCUT2D eigenvalue weighted by Crippen LogP contribution is -2.59. The molecule has 2 fully saturated rings. The number of urea groups is 1. The van der Waals surface area contributed by atoms with E-state index in [2.05, 4.69) is 5.32 Å². The molecule has 1 saturated carbocycles. The van der Waals surface area contributed by atoms with Crippen LogP contribution in [0, 0.1) is 11.8 Å². The lowest BCUT2D eigenvalue weighted by molar-refractivity contribution is -0.138. The van der Waals surface area contributed by atoms with Crippen LogP contribution >= 0.6 is 0 Å². The molecule has 1 saturated heterocycles. The average molecular weight is 253 g/mol. The van der Waals surface area contributed by atoms with Gasteiger partial charge in [-0.3, -0.25) is 14.5 Å². The third-order valence-electron chi connectivity index (χ3n) is 4.30. The molecule has 0 aromatic heterocycles. The molecule has 0 aromatic carbocycles. The van der Waals surface area contributed by atoms with Crippen molar-refractivity contribution in [1.82, 2.24) is 10.2 Å². The number of primary amides is 1. The maximum Gasteiger partial charge on any atom is 0.325 e. The highest BCUT2D eigenvalue weighted by Gasteiger charge is 2.58. The largest absolute Gasteiger partial charge is 0.368 e. The number of nitrogens with one attached hydrogen (secondary N) is 1. The monoisotopic (exact) mass is 253 g/mol. The lowest BCUT2D eigenvalue weighted by Gasteiger charge is -2.42. The third-order valence-corrected chi connectivity index (χ3v) is 4.30. The number of rotatable bonds is 2. The first-order valence-electron chi connectivity index (χ1n) is 6.32. The second-order valence-corrected chi connectivity index (χ2v) is 5.39. The van der Waals surface area contributed by atoms with Crippen molar-refractivity contribution < 1.29 is 14.4 Å². The Morgan fingerprint density at radius 2 is 1.94 bits per heavy atom. The average Bonchev–Trinajstić information content (AvgIpc) is 2.52. The van der Waals surface area contributed by atoms with Gasteiger partial charge < -0.3 is 11.1 Å². The summed E-state index contributed by atoms with van der Waals surface area (Å²) in [5.41, 5.74) is 4.23. The molecule has 4 amide bonds. The van der Waals surface area contributed by atoms with Gasteiger partial charge in [-0.15, -0.1) is 0 Å². The highest BCUT2D eigenvalue weighted by Crippen LogP contribution is 2.41. The maximum atomic E-state index is 12.5. The van der Waals surface area contributed by atoms with Gasteiger partial charge in [0.15, 0.2) is 0 Å². The molecule has 1 aliphatic heterocycles. The summed E-state index contributed by atoms with van der Waals surface area (Å²) < 4.78 is 0. The number of imide groups is 1.